The third-order valence-electron chi connectivity index (χ3n) is 4.87. The first-order valence-corrected chi connectivity index (χ1v) is 9.34. The van der Waals surface area contributed by atoms with Gasteiger partial charge in [0.15, 0.2) is 0 Å². The van der Waals surface area contributed by atoms with Crippen LogP contribution >= 0.6 is 11.3 Å². The number of rotatable bonds is 6. The Bertz CT molecular complexity index is 599. The second kappa shape index (κ2) is 7.15. The monoisotopic (exact) mass is 338 g/mol. The molecule has 2 aliphatic rings. The zero-order valence-corrected chi connectivity index (χ0v) is 14.8. The van der Waals surface area contributed by atoms with Gasteiger partial charge in [-0.2, -0.15) is 0 Å². The molecule has 1 saturated heterocycles. The molecule has 0 aromatic carbocycles. The van der Waals surface area contributed by atoms with Gasteiger partial charge in [0.2, 0.25) is 5.91 Å². The van der Waals surface area contributed by atoms with Crippen LogP contribution in [-0.4, -0.2) is 65.1 Å². The fourth-order valence-corrected chi connectivity index (χ4v) is 3.77. The first-order chi connectivity index (χ1) is 11.0. The van der Waals surface area contributed by atoms with Crippen molar-refractivity contribution in [1.82, 2.24) is 19.7 Å². The molecular formula is C16H26N4O2S. The Morgan fingerprint density at radius 2 is 2.00 bits per heavy atom. The van der Waals surface area contributed by atoms with Gasteiger partial charge in [0.1, 0.15) is 0 Å². The molecule has 2 heterocycles. The van der Waals surface area contributed by atoms with Crippen molar-refractivity contribution >= 4 is 17.2 Å². The Kier molecular flexibility index (Phi) is 5.18. The van der Waals surface area contributed by atoms with Gasteiger partial charge in [0.25, 0.3) is 0 Å². The Morgan fingerprint density at radius 3 is 2.57 bits per heavy atom. The van der Waals surface area contributed by atoms with E-state index in [-0.39, 0.29) is 16.8 Å². The summed E-state index contributed by atoms with van der Waals surface area (Å²) in [6, 6.07) is 0.387. The van der Waals surface area contributed by atoms with Crippen molar-refractivity contribution in [2.45, 2.75) is 45.3 Å². The van der Waals surface area contributed by atoms with Crippen LogP contribution in [0.15, 0.2) is 10.2 Å². The molecule has 1 atom stereocenters. The van der Waals surface area contributed by atoms with Crippen molar-refractivity contribution in [2.24, 2.45) is 0 Å². The predicted molar refractivity (Wildman–Crippen MR) is 92.0 cm³/mol. The first-order valence-electron chi connectivity index (χ1n) is 8.46. The standard InChI is InChI=1S/C16H26N4O2S/c1-12-11-23-16(22)20(12)10-7-18-5-8-19(9-6-18)13(2)15(21)17-14-3-4-14/h11,13-14H,3-10H2,1-2H3,(H,17,21)/t13-/m0/s1. The van der Waals surface area contributed by atoms with E-state index >= 15 is 0 Å². The minimum absolute atomic E-state index is 0.0421. The van der Waals surface area contributed by atoms with E-state index in [1.54, 1.807) is 0 Å². The average molecular weight is 338 g/mol. The number of aryl methyl sites for hydroxylation is 1. The van der Waals surface area contributed by atoms with Gasteiger partial charge in [-0.3, -0.25) is 19.4 Å². The van der Waals surface area contributed by atoms with Crippen LogP contribution in [0, 0.1) is 6.92 Å². The molecule has 0 radical (unpaired) electrons. The summed E-state index contributed by atoms with van der Waals surface area (Å²) in [6.07, 6.45) is 2.27. The SMILES string of the molecule is Cc1csc(=O)n1CCN1CCN([C@@H](C)C(=O)NC2CC2)CC1. The van der Waals surface area contributed by atoms with Gasteiger partial charge in [-0.1, -0.05) is 11.3 Å². The third-order valence-corrected chi connectivity index (χ3v) is 5.76. The number of aromatic nitrogens is 1. The van der Waals surface area contributed by atoms with Crippen LogP contribution in [0.1, 0.15) is 25.5 Å². The van der Waals surface area contributed by atoms with E-state index in [4.69, 9.17) is 0 Å². The molecule has 2 fully saturated rings. The Labute approximate surface area is 141 Å². The molecule has 3 rings (SSSR count). The van der Waals surface area contributed by atoms with Crippen LogP contribution in [0.2, 0.25) is 0 Å². The fraction of sp³-hybridized carbons (Fsp3) is 0.750. The van der Waals surface area contributed by atoms with Crippen LogP contribution in [0.4, 0.5) is 0 Å². The molecule has 1 aromatic rings. The van der Waals surface area contributed by atoms with Gasteiger partial charge in [0, 0.05) is 56.4 Å². The molecule has 1 amide bonds. The maximum Gasteiger partial charge on any atom is 0.307 e. The lowest BCUT2D eigenvalue weighted by Gasteiger charge is -2.37. The van der Waals surface area contributed by atoms with Crippen molar-refractivity contribution in [2.75, 3.05) is 32.7 Å². The lowest BCUT2D eigenvalue weighted by Crippen LogP contribution is -2.54. The highest BCUT2D eigenvalue weighted by Gasteiger charge is 2.29. The van der Waals surface area contributed by atoms with E-state index < -0.39 is 0 Å². The van der Waals surface area contributed by atoms with E-state index in [9.17, 15) is 9.59 Å². The molecule has 1 aliphatic carbocycles. The average Bonchev–Trinajstić information content (AvgIpc) is 3.31. The topological polar surface area (TPSA) is 57.6 Å². The van der Waals surface area contributed by atoms with Crippen molar-refractivity contribution in [3.63, 3.8) is 0 Å². The Balaban J connectivity index is 1.43. The zero-order valence-electron chi connectivity index (χ0n) is 14.0. The molecule has 1 aliphatic heterocycles. The van der Waals surface area contributed by atoms with Gasteiger partial charge in [0.05, 0.1) is 6.04 Å². The number of carbonyl (C=O) groups is 1. The maximum absolute atomic E-state index is 12.1. The highest BCUT2D eigenvalue weighted by atomic mass is 32.1. The normalized spacial score (nSPS) is 21.3. The molecular weight excluding hydrogens is 312 g/mol. The molecule has 1 saturated carbocycles. The summed E-state index contributed by atoms with van der Waals surface area (Å²) in [4.78, 5) is 28.6. The van der Waals surface area contributed by atoms with Gasteiger partial charge in [-0.25, -0.2) is 0 Å². The van der Waals surface area contributed by atoms with Gasteiger partial charge in [-0.05, 0) is 26.7 Å². The second-order valence-corrected chi connectivity index (χ2v) is 7.45. The summed E-state index contributed by atoms with van der Waals surface area (Å²) in [6.45, 7) is 9.38. The van der Waals surface area contributed by atoms with Gasteiger partial charge >= 0.3 is 4.87 Å². The summed E-state index contributed by atoms with van der Waals surface area (Å²) in [7, 11) is 0. The third kappa shape index (κ3) is 4.22. The largest absolute Gasteiger partial charge is 0.352 e. The highest BCUT2D eigenvalue weighted by molar-refractivity contribution is 7.07. The number of hydrogen-bond acceptors (Lipinski definition) is 5. The summed E-state index contributed by atoms with van der Waals surface area (Å²) in [5.41, 5.74) is 1.05. The molecule has 6 nitrogen and oxygen atoms in total. The van der Waals surface area contributed by atoms with Crippen molar-refractivity contribution < 1.29 is 4.79 Å². The number of nitrogens with one attached hydrogen (secondary N) is 1. The molecule has 0 unspecified atom stereocenters. The molecule has 1 aromatic heterocycles. The lowest BCUT2D eigenvalue weighted by molar-refractivity contribution is -0.126. The summed E-state index contributed by atoms with van der Waals surface area (Å²) >= 11 is 1.27. The molecule has 23 heavy (non-hydrogen) atoms. The van der Waals surface area contributed by atoms with Gasteiger partial charge in [-0.15, -0.1) is 0 Å². The van der Waals surface area contributed by atoms with E-state index in [0.717, 1.165) is 57.8 Å². The predicted octanol–water partition coefficient (Wildman–Crippen LogP) is 0.503. The number of hydrogen-bond donors (Lipinski definition) is 1. The number of carbonyl (C=O) groups excluding carboxylic acids is 1. The van der Waals surface area contributed by atoms with E-state index in [1.807, 2.05) is 23.8 Å². The minimum Gasteiger partial charge on any atom is -0.352 e. The molecule has 1 N–H and O–H groups in total. The van der Waals surface area contributed by atoms with Gasteiger partial charge < -0.3 is 9.88 Å². The quantitative estimate of drug-likeness (QED) is 0.821. The summed E-state index contributed by atoms with van der Waals surface area (Å²) < 4.78 is 1.85. The smallest absolute Gasteiger partial charge is 0.307 e. The first kappa shape index (κ1) is 16.7. The number of nitrogens with zero attached hydrogens (tertiary/aromatic N) is 3. The summed E-state index contributed by atoms with van der Waals surface area (Å²) in [5, 5.41) is 5.00. The van der Waals surface area contributed by atoms with Crippen molar-refractivity contribution in [3.8, 4) is 0 Å². The zero-order chi connectivity index (χ0) is 16.4. The fourth-order valence-electron chi connectivity index (χ4n) is 3.01. The van der Waals surface area contributed by atoms with Crippen LogP contribution in [-0.2, 0) is 11.3 Å². The van der Waals surface area contributed by atoms with E-state index in [0.29, 0.717) is 6.04 Å². The molecule has 0 bridgehead atoms. The lowest BCUT2D eigenvalue weighted by atomic mass is 10.2. The summed E-state index contributed by atoms with van der Waals surface area (Å²) in [5.74, 6) is 0.168. The van der Waals surface area contributed by atoms with Crippen LogP contribution in [0.5, 0.6) is 0 Å². The Hall–Kier alpha value is -1.18. The number of piperazine rings is 1. The maximum atomic E-state index is 12.1. The van der Waals surface area contributed by atoms with Crippen LogP contribution in [0.3, 0.4) is 0 Å². The number of thiazole rings is 1. The highest BCUT2D eigenvalue weighted by Crippen LogP contribution is 2.19. The van der Waals surface area contributed by atoms with Crippen molar-refractivity contribution in [1.29, 1.82) is 0 Å². The van der Waals surface area contributed by atoms with Crippen LogP contribution < -0.4 is 10.2 Å². The molecule has 7 heteroatoms. The minimum atomic E-state index is -0.0421. The molecule has 0 spiro atoms. The number of amides is 1. The molecule has 128 valence electrons. The van der Waals surface area contributed by atoms with Crippen LogP contribution in [0.25, 0.3) is 0 Å². The second-order valence-electron chi connectivity index (χ2n) is 6.63. The Morgan fingerprint density at radius 1 is 1.30 bits per heavy atom. The van der Waals surface area contributed by atoms with E-state index in [2.05, 4.69) is 15.1 Å². The van der Waals surface area contributed by atoms with Crippen molar-refractivity contribution in [3.05, 3.63) is 20.7 Å². The van der Waals surface area contributed by atoms with E-state index in [1.165, 1.54) is 11.3 Å².